The van der Waals surface area contributed by atoms with Crippen molar-refractivity contribution >= 4 is 17.8 Å². The lowest BCUT2D eigenvalue weighted by molar-refractivity contribution is -0.124. The number of rotatable bonds is 10. The number of benzene rings is 3. The average molecular weight is 414 g/mol. The van der Waals surface area contributed by atoms with E-state index in [1.54, 1.807) is 6.21 Å². The zero-order chi connectivity index (χ0) is 21.9. The van der Waals surface area contributed by atoms with E-state index in [0.29, 0.717) is 12.8 Å². The van der Waals surface area contributed by atoms with Gasteiger partial charge in [0.15, 0.2) is 0 Å². The Morgan fingerprint density at radius 2 is 1.35 bits per heavy atom. The molecule has 0 bridgehead atoms. The summed E-state index contributed by atoms with van der Waals surface area (Å²) in [5, 5.41) is 4.22. The number of nitrogens with zero attached hydrogens (tertiary/aromatic N) is 2. The molecule has 160 valence electrons. The smallest absolute Gasteiger partial charge is 0.243 e. The van der Waals surface area contributed by atoms with Crippen LogP contribution in [0.2, 0.25) is 0 Å². The Morgan fingerprint density at radius 1 is 0.839 bits per heavy atom. The lowest BCUT2D eigenvalue weighted by atomic mass is 9.92. The van der Waals surface area contributed by atoms with E-state index in [1.807, 2.05) is 48.5 Å². The maximum absolute atomic E-state index is 12.9. The second kappa shape index (κ2) is 11.7. The molecule has 1 N–H and O–H groups in total. The zero-order valence-corrected chi connectivity index (χ0v) is 18.4. The summed E-state index contributed by atoms with van der Waals surface area (Å²) in [7, 11) is 0. The van der Waals surface area contributed by atoms with Crippen molar-refractivity contribution in [2.75, 3.05) is 18.0 Å². The van der Waals surface area contributed by atoms with Crippen molar-refractivity contribution in [3.05, 3.63) is 102 Å². The first kappa shape index (κ1) is 22.3. The number of hydrogen-bond donors (Lipinski definition) is 1. The van der Waals surface area contributed by atoms with Crippen molar-refractivity contribution in [1.29, 1.82) is 0 Å². The maximum Gasteiger partial charge on any atom is 0.243 e. The summed E-state index contributed by atoms with van der Waals surface area (Å²) in [5.74, 6) is -0.254. The number of carbonyl (C=O) groups excluding carboxylic acids is 1. The van der Waals surface area contributed by atoms with Crippen molar-refractivity contribution in [3.63, 3.8) is 0 Å². The Kier molecular flexibility index (Phi) is 8.41. The number of amides is 1. The molecule has 0 spiro atoms. The molecule has 0 heterocycles. The van der Waals surface area contributed by atoms with E-state index >= 15 is 0 Å². The Hall–Kier alpha value is -3.40. The Bertz CT molecular complexity index is 907. The Labute approximate surface area is 185 Å². The Balaban J connectivity index is 1.65. The first-order valence-corrected chi connectivity index (χ1v) is 10.9. The van der Waals surface area contributed by atoms with Gasteiger partial charge in [-0.15, -0.1) is 0 Å². The molecule has 0 aromatic heterocycles. The van der Waals surface area contributed by atoms with E-state index in [1.165, 1.54) is 5.69 Å². The van der Waals surface area contributed by atoms with E-state index in [-0.39, 0.29) is 11.8 Å². The first-order valence-electron chi connectivity index (χ1n) is 10.9. The van der Waals surface area contributed by atoms with Crippen LogP contribution in [0.5, 0.6) is 0 Å². The quantitative estimate of drug-likeness (QED) is 0.372. The van der Waals surface area contributed by atoms with Crippen molar-refractivity contribution in [2.24, 2.45) is 11.0 Å². The fourth-order valence-electron chi connectivity index (χ4n) is 3.68. The Morgan fingerprint density at radius 3 is 1.84 bits per heavy atom. The maximum atomic E-state index is 12.9. The second-order valence-electron chi connectivity index (χ2n) is 7.57. The predicted octanol–water partition coefficient (Wildman–Crippen LogP) is 5.08. The molecule has 0 saturated heterocycles. The van der Waals surface area contributed by atoms with Crippen LogP contribution in [0, 0.1) is 5.92 Å². The minimum absolute atomic E-state index is 0.0660. The fourth-order valence-corrected chi connectivity index (χ4v) is 3.68. The fraction of sp³-hybridized carbons (Fsp3) is 0.259. The molecular formula is C27H31N3O. The predicted molar refractivity (Wildman–Crippen MR) is 130 cm³/mol. The molecule has 0 unspecified atom stereocenters. The summed E-state index contributed by atoms with van der Waals surface area (Å²) in [6.07, 6.45) is 3.05. The first-order chi connectivity index (χ1) is 15.2. The molecule has 3 aromatic carbocycles. The minimum Gasteiger partial charge on any atom is -0.372 e. The van der Waals surface area contributed by atoms with Crippen LogP contribution in [-0.4, -0.2) is 25.2 Å². The zero-order valence-electron chi connectivity index (χ0n) is 18.4. The van der Waals surface area contributed by atoms with E-state index < -0.39 is 0 Å². The molecule has 0 radical (unpaired) electrons. The summed E-state index contributed by atoms with van der Waals surface area (Å²) in [6.45, 7) is 6.25. The van der Waals surface area contributed by atoms with E-state index in [9.17, 15) is 4.79 Å². The van der Waals surface area contributed by atoms with E-state index in [0.717, 1.165) is 29.8 Å². The molecule has 0 aliphatic carbocycles. The van der Waals surface area contributed by atoms with Crippen LogP contribution in [0.3, 0.4) is 0 Å². The van der Waals surface area contributed by atoms with Gasteiger partial charge >= 0.3 is 0 Å². The normalized spacial score (nSPS) is 11.1. The number of hydrazone groups is 1. The molecule has 0 aliphatic rings. The SMILES string of the molecule is CCN(CC)c1ccc(C=NNC(=O)C(Cc2ccccc2)Cc2ccccc2)cc1. The monoisotopic (exact) mass is 413 g/mol. The highest BCUT2D eigenvalue weighted by molar-refractivity contribution is 5.84. The van der Waals surface area contributed by atoms with Gasteiger partial charge in [-0.05, 0) is 55.5 Å². The third-order valence-electron chi connectivity index (χ3n) is 5.43. The third kappa shape index (κ3) is 6.82. The van der Waals surface area contributed by atoms with Crippen molar-refractivity contribution in [2.45, 2.75) is 26.7 Å². The van der Waals surface area contributed by atoms with E-state index in [4.69, 9.17) is 0 Å². The van der Waals surface area contributed by atoms with Crippen LogP contribution < -0.4 is 10.3 Å². The lowest BCUT2D eigenvalue weighted by Crippen LogP contribution is -2.30. The van der Waals surface area contributed by atoms with Crippen LogP contribution in [0.15, 0.2) is 90.0 Å². The molecule has 4 nitrogen and oxygen atoms in total. The summed E-state index contributed by atoms with van der Waals surface area (Å²) in [5.41, 5.74) is 7.20. The molecular weight excluding hydrogens is 382 g/mol. The molecule has 0 atom stereocenters. The van der Waals surface area contributed by atoms with Gasteiger partial charge in [0.1, 0.15) is 0 Å². The van der Waals surface area contributed by atoms with Gasteiger partial charge in [0.25, 0.3) is 0 Å². The average Bonchev–Trinajstić information content (AvgIpc) is 2.82. The molecule has 4 heteroatoms. The van der Waals surface area contributed by atoms with Crippen LogP contribution in [0.1, 0.15) is 30.5 Å². The molecule has 0 fully saturated rings. The lowest BCUT2D eigenvalue weighted by Gasteiger charge is -2.20. The van der Waals surface area contributed by atoms with Crippen molar-refractivity contribution < 1.29 is 4.79 Å². The molecule has 1 amide bonds. The molecule has 3 aromatic rings. The number of hydrogen-bond acceptors (Lipinski definition) is 3. The van der Waals surface area contributed by atoms with Crippen LogP contribution in [0.4, 0.5) is 5.69 Å². The standard InChI is InChI=1S/C27H31N3O/c1-3-30(4-2)26-17-15-24(16-18-26)21-28-29-27(31)25(19-22-11-7-5-8-12-22)20-23-13-9-6-10-14-23/h5-18,21,25H,3-4,19-20H2,1-2H3,(H,29,31). The van der Waals surface area contributed by atoms with Crippen LogP contribution in [-0.2, 0) is 17.6 Å². The molecule has 31 heavy (non-hydrogen) atoms. The molecule has 0 aliphatic heterocycles. The van der Waals surface area contributed by atoms with Gasteiger partial charge in [-0.3, -0.25) is 4.79 Å². The topological polar surface area (TPSA) is 44.7 Å². The van der Waals surface area contributed by atoms with Gasteiger partial charge in [-0.25, -0.2) is 5.43 Å². The van der Waals surface area contributed by atoms with Crippen molar-refractivity contribution in [3.8, 4) is 0 Å². The summed E-state index contributed by atoms with van der Waals surface area (Å²) in [4.78, 5) is 15.2. The largest absolute Gasteiger partial charge is 0.372 e. The number of carbonyl (C=O) groups is 1. The van der Waals surface area contributed by atoms with Crippen molar-refractivity contribution in [1.82, 2.24) is 5.43 Å². The molecule has 3 rings (SSSR count). The molecule has 0 saturated carbocycles. The van der Waals surface area contributed by atoms with Gasteiger partial charge in [0, 0.05) is 24.7 Å². The third-order valence-corrected chi connectivity index (χ3v) is 5.43. The number of nitrogens with one attached hydrogen (secondary N) is 1. The van der Waals surface area contributed by atoms with Gasteiger partial charge in [0.2, 0.25) is 5.91 Å². The minimum atomic E-state index is -0.188. The highest BCUT2D eigenvalue weighted by Gasteiger charge is 2.19. The van der Waals surface area contributed by atoms with Gasteiger partial charge < -0.3 is 4.90 Å². The number of anilines is 1. The highest BCUT2D eigenvalue weighted by atomic mass is 16.2. The summed E-state index contributed by atoms with van der Waals surface area (Å²) >= 11 is 0. The van der Waals surface area contributed by atoms with Gasteiger partial charge in [-0.1, -0.05) is 72.8 Å². The second-order valence-corrected chi connectivity index (χ2v) is 7.57. The van der Waals surface area contributed by atoms with E-state index in [2.05, 4.69) is 65.7 Å². The van der Waals surface area contributed by atoms with Crippen LogP contribution >= 0.6 is 0 Å². The van der Waals surface area contributed by atoms with Gasteiger partial charge in [-0.2, -0.15) is 5.10 Å². The van der Waals surface area contributed by atoms with Gasteiger partial charge in [0.05, 0.1) is 6.21 Å². The summed E-state index contributed by atoms with van der Waals surface area (Å²) < 4.78 is 0. The summed E-state index contributed by atoms with van der Waals surface area (Å²) in [6, 6.07) is 28.5. The van der Waals surface area contributed by atoms with Crippen LogP contribution in [0.25, 0.3) is 0 Å². The highest BCUT2D eigenvalue weighted by Crippen LogP contribution is 2.16.